The van der Waals surface area contributed by atoms with Crippen LogP contribution >= 0.6 is 0 Å². The maximum absolute atomic E-state index is 14.7. The molecule has 0 saturated heterocycles. The van der Waals surface area contributed by atoms with Crippen LogP contribution in [0.1, 0.15) is 16.1 Å². The van der Waals surface area contributed by atoms with E-state index < -0.39 is 5.82 Å². The minimum atomic E-state index is -0.512. The SMILES string of the molecule is O=C(NCc1cccc(Oc2ccccc2)c1F)c1ccc2ncccc2n1. The molecule has 0 fully saturated rings. The highest BCUT2D eigenvalue weighted by Crippen LogP contribution is 2.26. The molecular weight excluding hydrogens is 357 g/mol. The van der Waals surface area contributed by atoms with Gasteiger partial charge in [0.25, 0.3) is 5.91 Å². The molecule has 4 rings (SSSR count). The van der Waals surface area contributed by atoms with Gasteiger partial charge < -0.3 is 10.1 Å². The number of hydrogen-bond donors (Lipinski definition) is 1. The van der Waals surface area contributed by atoms with E-state index in [9.17, 15) is 9.18 Å². The van der Waals surface area contributed by atoms with Crippen molar-refractivity contribution in [3.63, 3.8) is 0 Å². The van der Waals surface area contributed by atoms with Crippen LogP contribution in [0, 0.1) is 5.82 Å². The van der Waals surface area contributed by atoms with E-state index in [2.05, 4.69) is 15.3 Å². The Morgan fingerprint density at radius 3 is 2.64 bits per heavy atom. The molecule has 2 aromatic heterocycles. The summed E-state index contributed by atoms with van der Waals surface area (Å²) >= 11 is 0. The van der Waals surface area contributed by atoms with E-state index in [1.807, 2.05) is 18.2 Å². The van der Waals surface area contributed by atoms with Crippen LogP contribution in [-0.4, -0.2) is 15.9 Å². The van der Waals surface area contributed by atoms with Gasteiger partial charge >= 0.3 is 0 Å². The minimum Gasteiger partial charge on any atom is -0.454 e. The molecule has 1 amide bonds. The molecule has 0 aliphatic rings. The summed E-state index contributed by atoms with van der Waals surface area (Å²) in [6.45, 7) is 0.0173. The molecule has 28 heavy (non-hydrogen) atoms. The number of aromatic nitrogens is 2. The number of amides is 1. The Labute approximate surface area is 160 Å². The van der Waals surface area contributed by atoms with E-state index in [0.29, 0.717) is 22.3 Å². The van der Waals surface area contributed by atoms with Gasteiger partial charge in [0.15, 0.2) is 11.6 Å². The lowest BCUT2D eigenvalue weighted by atomic mass is 10.2. The van der Waals surface area contributed by atoms with E-state index in [1.165, 1.54) is 0 Å². The third kappa shape index (κ3) is 3.81. The smallest absolute Gasteiger partial charge is 0.270 e. The van der Waals surface area contributed by atoms with Crippen LogP contribution in [0.2, 0.25) is 0 Å². The standard InChI is InChI=1S/C22H16FN3O2/c23-21-15(6-4-10-20(21)28-16-7-2-1-3-8-16)14-25-22(27)19-12-11-17-18(26-19)9-5-13-24-17/h1-13H,14H2,(H,25,27). The zero-order valence-corrected chi connectivity index (χ0v) is 14.8. The molecule has 138 valence electrons. The lowest BCUT2D eigenvalue weighted by Gasteiger charge is -2.11. The van der Waals surface area contributed by atoms with Crippen molar-refractivity contribution in [3.8, 4) is 11.5 Å². The van der Waals surface area contributed by atoms with Gasteiger partial charge in [0, 0.05) is 18.3 Å². The molecule has 0 aliphatic heterocycles. The van der Waals surface area contributed by atoms with Gasteiger partial charge in [0.1, 0.15) is 11.4 Å². The summed E-state index contributed by atoms with van der Waals surface area (Å²) in [5.74, 6) is -0.258. The van der Waals surface area contributed by atoms with Crippen LogP contribution in [0.4, 0.5) is 4.39 Å². The van der Waals surface area contributed by atoms with Crippen molar-refractivity contribution >= 4 is 16.9 Å². The monoisotopic (exact) mass is 373 g/mol. The molecule has 4 aromatic rings. The van der Waals surface area contributed by atoms with Crippen molar-refractivity contribution in [3.05, 3.63) is 96.1 Å². The third-order valence-corrected chi connectivity index (χ3v) is 4.14. The summed E-state index contributed by atoms with van der Waals surface area (Å²) in [4.78, 5) is 20.9. The van der Waals surface area contributed by atoms with E-state index in [0.717, 1.165) is 0 Å². The fourth-order valence-corrected chi connectivity index (χ4v) is 2.74. The quantitative estimate of drug-likeness (QED) is 0.560. The summed E-state index contributed by atoms with van der Waals surface area (Å²) in [5.41, 5.74) is 1.90. The lowest BCUT2D eigenvalue weighted by molar-refractivity contribution is 0.0946. The largest absolute Gasteiger partial charge is 0.454 e. The number of carbonyl (C=O) groups is 1. The molecule has 0 bridgehead atoms. The van der Waals surface area contributed by atoms with Gasteiger partial charge in [-0.25, -0.2) is 9.37 Å². The highest BCUT2D eigenvalue weighted by molar-refractivity contribution is 5.94. The average Bonchev–Trinajstić information content (AvgIpc) is 2.74. The number of hydrogen-bond acceptors (Lipinski definition) is 4. The van der Waals surface area contributed by atoms with Crippen LogP contribution in [0.3, 0.4) is 0 Å². The Morgan fingerprint density at radius 2 is 1.79 bits per heavy atom. The molecule has 2 aromatic carbocycles. The molecule has 0 radical (unpaired) electrons. The number of benzene rings is 2. The van der Waals surface area contributed by atoms with Crippen molar-refractivity contribution < 1.29 is 13.9 Å². The molecular formula is C22H16FN3O2. The number of nitrogens with zero attached hydrogens (tertiary/aromatic N) is 2. The molecule has 0 saturated carbocycles. The zero-order valence-electron chi connectivity index (χ0n) is 14.8. The predicted molar refractivity (Wildman–Crippen MR) is 104 cm³/mol. The summed E-state index contributed by atoms with van der Waals surface area (Å²) in [5, 5.41) is 2.69. The highest BCUT2D eigenvalue weighted by Gasteiger charge is 2.13. The average molecular weight is 373 g/mol. The number of pyridine rings is 2. The van der Waals surface area contributed by atoms with Crippen LogP contribution in [-0.2, 0) is 6.54 Å². The molecule has 0 atom stereocenters. The van der Waals surface area contributed by atoms with Crippen LogP contribution in [0.5, 0.6) is 11.5 Å². The first kappa shape index (κ1) is 17.6. The second-order valence-electron chi connectivity index (χ2n) is 6.07. The van der Waals surface area contributed by atoms with E-state index in [4.69, 9.17) is 4.74 Å². The Balaban J connectivity index is 1.48. The van der Waals surface area contributed by atoms with Crippen LogP contribution in [0.25, 0.3) is 11.0 Å². The van der Waals surface area contributed by atoms with Crippen molar-refractivity contribution in [2.75, 3.05) is 0 Å². The number of ether oxygens (including phenoxy) is 1. The van der Waals surface area contributed by atoms with E-state index in [-0.39, 0.29) is 23.9 Å². The topological polar surface area (TPSA) is 64.1 Å². The molecule has 1 N–H and O–H groups in total. The van der Waals surface area contributed by atoms with Crippen LogP contribution < -0.4 is 10.1 Å². The maximum Gasteiger partial charge on any atom is 0.270 e. The molecule has 0 unspecified atom stereocenters. The zero-order chi connectivity index (χ0) is 19.3. The molecule has 6 heteroatoms. The fraction of sp³-hybridized carbons (Fsp3) is 0.0455. The Morgan fingerprint density at radius 1 is 0.929 bits per heavy atom. The van der Waals surface area contributed by atoms with Crippen molar-refractivity contribution in [1.82, 2.24) is 15.3 Å². The van der Waals surface area contributed by atoms with Gasteiger partial charge in [0.05, 0.1) is 11.0 Å². The number of fused-ring (bicyclic) bond motifs is 1. The first-order chi connectivity index (χ1) is 13.7. The minimum absolute atomic E-state index is 0.0173. The number of carbonyl (C=O) groups excluding carboxylic acids is 1. The molecule has 0 spiro atoms. The second-order valence-corrected chi connectivity index (χ2v) is 6.07. The first-order valence-electron chi connectivity index (χ1n) is 8.71. The van der Waals surface area contributed by atoms with Crippen molar-refractivity contribution in [1.29, 1.82) is 0 Å². The van der Waals surface area contributed by atoms with E-state index >= 15 is 0 Å². The molecule has 2 heterocycles. The summed E-state index contributed by atoms with van der Waals surface area (Å²) < 4.78 is 20.3. The van der Waals surface area contributed by atoms with Crippen molar-refractivity contribution in [2.24, 2.45) is 0 Å². The van der Waals surface area contributed by atoms with Gasteiger partial charge in [0.2, 0.25) is 0 Å². The Bertz CT molecular complexity index is 1130. The third-order valence-electron chi connectivity index (χ3n) is 4.14. The van der Waals surface area contributed by atoms with Gasteiger partial charge in [-0.1, -0.05) is 30.3 Å². The number of rotatable bonds is 5. The normalized spacial score (nSPS) is 10.6. The van der Waals surface area contributed by atoms with Gasteiger partial charge in [-0.05, 0) is 42.5 Å². The van der Waals surface area contributed by atoms with Crippen LogP contribution in [0.15, 0.2) is 79.0 Å². The Hall–Kier alpha value is -3.80. The molecule has 0 aliphatic carbocycles. The van der Waals surface area contributed by atoms with E-state index in [1.54, 1.807) is 60.8 Å². The predicted octanol–water partition coefficient (Wildman–Crippen LogP) is 4.49. The molecule has 5 nitrogen and oxygen atoms in total. The second kappa shape index (κ2) is 7.84. The van der Waals surface area contributed by atoms with Gasteiger partial charge in [-0.2, -0.15) is 0 Å². The maximum atomic E-state index is 14.7. The first-order valence-corrected chi connectivity index (χ1v) is 8.71. The van der Waals surface area contributed by atoms with Gasteiger partial charge in [-0.15, -0.1) is 0 Å². The number of nitrogens with one attached hydrogen (secondary N) is 1. The van der Waals surface area contributed by atoms with Crippen molar-refractivity contribution in [2.45, 2.75) is 6.54 Å². The summed E-state index contributed by atoms with van der Waals surface area (Å²) in [6, 6.07) is 20.6. The lowest BCUT2D eigenvalue weighted by Crippen LogP contribution is -2.24. The summed E-state index contributed by atoms with van der Waals surface area (Å²) in [7, 11) is 0. The number of halogens is 1. The highest BCUT2D eigenvalue weighted by atomic mass is 19.1. The van der Waals surface area contributed by atoms with Gasteiger partial charge in [-0.3, -0.25) is 9.78 Å². The fourth-order valence-electron chi connectivity index (χ4n) is 2.74. The summed E-state index contributed by atoms with van der Waals surface area (Å²) in [6.07, 6.45) is 1.66. The Kier molecular flexibility index (Phi) is 4.93. The number of para-hydroxylation sites is 1.